The van der Waals surface area contributed by atoms with Gasteiger partial charge in [0, 0.05) is 0 Å². The SMILES string of the molecule is CCCCC(CC)Cc1cccc(OP(=O)(O)O)c1CC(CC)CCCC. The zero-order chi connectivity index (χ0) is 20.3. The van der Waals surface area contributed by atoms with E-state index in [9.17, 15) is 14.4 Å². The fourth-order valence-corrected chi connectivity index (χ4v) is 4.16. The van der Waals surface area contributed by atoms with Gasteiger partial charge in [0.25, 0.3) is 0 Å². The van der Waals surface area contributed by atoms with Crippen LogP contribution in [-0.4, -0.2) is 9.79 Å². The summed E-state index contributed by atoms with van der Waals surface area (Å²) in [5.74, 6) is 1.48. The van der Waals surface area contributed by atoms with Crippen LogP contribution in [0.1, 0.15) is 90.2 Å². The van der Waals surface area contributed by atoms with Crippen molar-refractivity contribution in [2.24, 2.45) is 11.8 Å². The molecule has 0 aliphatic carbocycles. The summed E-state index contributed by atoms with van der Waals surface area (Å²) < 4.78 is 16.6. The Morgan fingerprint density at radius 3 is 1.96 bits per heavy atom. The summed E-state index contributed by atoms with van der Waals surface area (Å²) in [5, 5.41) is 0. The second-order valence-electron chi connectivity index (χ2n) is 7.72. The third kappa shape index (κ3) is 9.27. The Kier molecular flexibility index (Phi) is 11.3. The van der Waals surface area contributed by atoms with Crippen LogP contribution in [0.15, 0.2) is 18.2 Å². The highest BCUT2D eigenvalue weighted by atomic mass is 31.2. The van der Waals surface area contributed by atoms with Gasteiger partial charge < -0.3 is 4.52 Å². The molecule has 1 aromatic rings. The lowest BCUT2D eigenvalue weighted by Crippen LogP contribution is -2.11. The van der Waals surface area contributed by atoms with Crippen LogP contribution >= 0.6 is 7.82 Å². The molecule has 0 spiro atoms. The van der Waals surface area contributed by atoms with Crippen molar-refractivity contribution >= 4 is 7.82 Å². The topological polar surface area (TPSA) is 66.8 Å². The lowest BCUT2D eigenvalue weighted by atomic mass is 9.85. The van der Waals surface area contributed by atoms with Gasteiger partial charge in [-0.2, -0.15) is 0 Å². The smallest absolute Gasteiger partial charge is 0.404 e. The maximum atomic E-state index is 11.5. The second-order valence-corrected chi connectivity index (χ2v) is 8.88. The molecule has 0 aliphatic rings. The molecule has 0 saturated carbocycles. The van der Waals surface area contributed by atoms with E-state index in [2.05, 4.69) is 33.8 Å². The first-order valence-corrected chi connectivity index (χ1v) is 12.2. The van der Waals surface area contributed by atoms with Crippen molar-refractivity contribution in [3.8, 4) is 5.75 Å². The predicted octanol–water partition coefficient (Wildman–Crippen LogP) is 6.68. The highest BCUT2D eigenvalue weighted by molar-refractivity contribution is 7.46. The molecule has 2 atom stereocenters. The fourth-order valence-electron chi connectivity index (χ4n) is 3.73. The standard InChI is InChI=1S/C22H39O4P/c1-5-9-12-18(7-3)16-20-14-11-15-22(26-27(23,24)25)21(20)17-19(8-4)13-10-6-2/h11,14-15,18-19H,5-10,12-13,16-17H2,1-4H3,(H2,23,24,25). The van der Waals surface area contributed by atoms with Gasteiger partial charge in [0.15, 0.2) is 0 Å². The van der Waals surface area contributed by atoms with E-state index in [0.29, 0.717) is 17.6 Å². The Balaban J connectivity index is 3.15. The minimum Gasteiger partial charge on any atom is -0.404 e. The number of hydrogen-bond acceptors (Lipinski definition) is 2. The predicted molar refractivity (Wildman–Crippen MR) is 113 cm³/mol. The summed E-state index contributed by atoms with van der Waals surface area (Å²) in [6.45, 7) is 8.84. The van der Waals surface area contributed by atoms with E-state index in [1.54, 1.807) is 6.07 Å². The lowest BCUT2D eigenvalue weighted by Gasteiger charge is -2.23. The molecule has 27 heavy (non-hydrogen) atoms. The molecule has 0 fully saturated rings. The molecule has 2 N–H and O–H groups in total. The summed E-state index contributed by atoms with van der Waals surface area (Å²) in [7, 11) is -4.57. The third-order valence-electron chi connectivity index (χ3n) is 5.54. The molecule has 1 aromatic carbocycles. The average molecular weight is 399 g/mol. The molecular formula is C22H39O4P. The maximum absolute atomic E-state index is 11.5. The number of hydrogen-bond donors (Lipinski definition) is 2. The summed E-state index contributed by atoms with van der Waals surface area (Å²) in [6, 6.07) is 5.68. The molecule has 1 rings (SSSR count). The number of rotatable bonds is 14. The molecule has 0 saturated heterocycles. The van der Waals surface area contributed by atoms with E-state index in [0.717, 1.165) is 37.7 Å². The van der Waals surface area contributed by atoms with Gasteiger partial charge in [-0.25, -0.2) is 4.57 Å². The van der Waals surface area contributed by atoms with Gasteiger partial charge in [0.05, 0.1) is 0 Å². The van der Waals surface area contributed by atoms with Crippen LogP contribution in [0.4, 0.5) is 0 Å². The van der Waals surface area contributed by atoms with Gasteiger partial charge >= 0.3 is 7.82 Å². The zero-order valence-corrected chi connectivity index (χ0v) is 18.5. The lowest BCUT2D eigenvalue weighted by molar-refractivity contribution is 0.281. The van der Waals surface area contributed by atoms with Crippen LogP contribution in [0.25, 0.3) is 0 Å². The molecule has 0 heterocycles. The summed E-state index contributed by atoms with van der Waals surface area (Å²) >= 11 is 0. The summed E-state index contributed by atoms with van der Waals surface area (Å²) in [4.78, 5) is 18.7. The average Bonchev–Trinajstić information content (AvgIpc) is 2.62. The van der Waals surface area contributed by atoms with Crippen molar-refractivity contribution < 1.29 is 18.9 Å². The van der Waals surface area contributed by atoms with Crippen LogP contribution in [0.2, 0.25) is 0 Å². The monoisotopic (exact) mass is 398 g/mol. The first-order chi connectivity index (χ1) is 12.8. The Hall–Kier alpha value is -0.830. The maximum Gasteiger partial charge on any atom is 0.524 e. The first-order valence-electron chi connectivity index (χ1n) is 10.7. The van der Waals surface area contributed by atoms with Crippen molar-refractivity contribution in [2.75, 3.05) is 0 Å². The van der Waals surface area contributed by atoms with Crippen LogP contribution in [-0.2, 0) is 17.4 Å². The highest BCUT2D eigenvalue weighted by Gasteiger charge is 2.22. The van der Waals surface area contributed by atoms with Crippen molar-refractivity contribution in [3.05, 3.63) is 29.3 Å². The Morgan fingerprint density at radius 2 is 1.48 bits per heavy atom. The van der Waals surface area contributed by atoms with E-state index < -0.39 is 7.82 Å². The molecule has 0 aliphatic heterocycles. The minimum absolute atomic E-state index is 0.362. The molecule has 0 radical (unpaired) electrons. The Morgan fingerprint density at radius 1 is 0.926 bits per heavy atom. The van der Waals surface area contributed by atoms with Crippen molar-refractivity contribution in [2.45, 2.75) is 91.9 Å². The summed E-state index contributed by atoms with van der Waals surface area (Å²) in [6.07, 6.45) is 11.1. The molecule has 0 bridgehead atoms. The zero-order valence-electron chi connectivity index (χ0n) is 17.6. The van der Waals surface area contributed by atoms with Gasteiger partial charge in [-0.05, 0) is 41.9 Å². The minimum atomic E-state index is -4.57. The van der Waals surface area contributed by atoms with Crippen molar-refractivity contribution in [1.29, 1.82) is 0 Å². The largest absolute Gasteiger partial charge is 0.524 e. The highest BCUT2D eigenvalue weighted by Crippen LogP contribution is 2.41. The molecule has 0 amide bonds. The molecule has 2 unspecified atom stereocenters. The van der Waals surface area contributed by atoms with E-state index in [1.807, 2.05) is 6.07 Å². The van der Waals surface area contributed by atoms with Gasteiger partial charge in [-0.15, -0.1) is 0 Å². The van der Waals surface area contributed by atoms with Gasteiger partial charge in [0.2, 0.25) is 0 Å². The fraction of sp³-hybridized carbons (Fsp3) is 0.727. The van der Waals surface area contributed by atoms with Gasteiger partial charge in [-0.3, -0.25) is 9.79 Å². The van der Waals surface area contributed by atoms with Crippen LogP contribution in [0.5, 0.6) is 5.75 Å². The molecule has 5 heteroatoms. The van der Waals surface area contributed by atoms with Crippen LogP contribution < -0.4 is 4.52 Å². The van der Waals surface area contributed by atoms with Crippen molar-refractivity contribution in [3.63, 3.8) is 0 Å². The van der Waals surface area contributed by atoms with Gasteiger partial charge in [0.1, 0.15) is 5.75 Å². The third-order valence-corrected chi connectivity index (χ3v) is 5.97. The van der Waals surface area contributed by atoms with E-state index in [-0.39, 0.29) is 0 Å². The quantitative estimate of drug-likeness (QED) is 0.343. The van der Waals surface area contributed by atoms with E-state index in [4.69, 9.17) is 4.52 Å². The number of unbranched alkanes of at least 4 members (excludes halogenated alkanes) is 2. The van der Waals surface area contributed by atoms with E-state index >= 15 is 0 Å². The van der Waals surface area contributed by atoms with Crippen LogP contribution in [0.3, 0.4) is 0 Å². The van der Waals surface area contributed by atoms with Crippen molar-refractivity contribution in [1.82, 2.24) is 0 Å². The number of phosphoric ester groups is 1. The first kappa shape index (κ1) is 24.2. The summed E-state index contributed by atoms with van der Waals surface area (Å²) in [5.41, 5.74) is 2.19. The normalized spacial score (nSPS) is 14.1. The molecule has 156 valence electrons. The van der Waals surface area contributed by atoms with Crippen LogP contribution in [0, 0.1) is 11.8 Å². The van der Waals surface area contributed by atoms with E-state index in [1.165, 1.54) is 37.7 Å². The molecule has 4 nitrogen and oxygen atoms in total. The number of benzene rings is 1. The molecular weight excluding hydrogens is 359 g/mol. The molecule has 0 aromatic heterocycles. The second kappa shape index (κ2) is 12.6. The Labute approximate surface area is 166 Å². The van der Waals surface area contributed by atoms with Gasteiger partial charge in [-0.1, -0.05) is 91.2 Å². The number of phosphoric acid groups is 1. The Bertz CT molecular complexity index is 582.